The lowest BCUT2D eigenvalue weighted by Gasteiger charge is -2.20. The van der Waals surface area contributed by atoms with E-state index in [1.165, 1.54) is 0 Å². The minimum Gasteiger partial charge on any atom is -0.467 e. The van der Waals surface area contributed by atoms with Crippen LogP contribution < -0.4 is 4.74 Å². The normalized spacial score (nSPS) is 15.4. The van der Waals surface area contributed by atoms with Gasteiger partial charge in [-0.25, -0.2) is 8.42 Å². The van der Waals surface area contributed by atoms with E-state index in [2.05, 4.69) is 0 Å². The smallest absolute Gasteiger partial charge is 0.236 e. The molecule has 1 aromatic carbocycles. The van der Waals surface area contributed by atoms with E-state index in [9.17, 15) is 8.42 Å². The first-order valence-electron chi connectivity index (χ1n) is 4.40. The molecule has 1 aliphatic rings. The third-order valence-electron chi connectivity index (χ3n) is 2.19. The molecular weight excluding hydrogens is 275 g/mol. The number of hydrogen-bond donors (Lipinski definition) is 0. The van der Waals surface area contributed by atoms with Gasteiger partial charge in [-0.05, 0) is 17.7 Å². The van der Waals surface area contributed by atoms with E-state index in [1.54, 1.807) is 12.1 Å². The van der Waals surface area contributed by atoms with Crippen LogP contribution in [0.1, 0.15) is 11.1 Å². The van der Waals surface area contributed by atoms with Crippen molar-refractivity contribution < 1.29 is 17.9 Å². The summed E-state index contributed by atoms with van der Waals surface area (Å²) in [5, 5.41) is 0.345. The van der Waals surface area contributed by atoms with Crippen LogP contribution in [0.15, 0.2) is 12.1 Å². The first kappa shape index (κ1) is 12.0. The Morgan fingerprint density at radius 2 is 2.12 bits per heavy atom. The van der Waals surface area contributed by atoms with E-state index in [0.29, 0.717) is 21.9 Å². The molecule has 0 aliphatic carbocycles. The van der Waals surface area contributed by atoms with Gasteiger partial charge in [0.2, 0.25) is 9.05 Å². The van der Waals surface area contributed by atoms with Crippen LogP contribution in [-0.2, 0) is 26.1 Å². The summed E-state index contributed by atoms with van der Waals surface area (Å²) < 4.78 is 32.4. The summed E-state index contributed by atoms with van der Waals surface area (Å²) in [6.45, 7) is 0.430. The van der Waals surface area contributed by atoms with Crippen LogP contribution in [0.5, 0.6) is 5.75 Å². The summed E-state index contributed by atoms with van der Waals surface area (Å²) >= 11 is 5.93. The quantitative estimate of drug-likeness (QED) is 0.781. The second-order valence-electron chi connectivity index (χ2n) is 3.30. The number of hydrogen-bond acceptors (Lipinski definition) is 4. The molecule has 0 saturated carbocycles. The molecule has 0 fully saturated rings. The van der Waals surface area contributed by atoms with E-state index in [-0.39, 0.29) is 19.2 Å². The molecule has 16 heavy (non-hydrogen) atoms. The summed E-state index contributed by atoms with van der Waals surface area (Å²) in [4.78, 5) is 0. The molecule has 0 bridgehead atoms. The van der Waals surface area contributed by atoms with Crippen molar-refractivity contribution in [2.24, 2.45) is 0 Å². The molecule has 88 valence electrons. The van der Waals surface area contributed by atoms with Gasteiger partial charge in [0.15, 0.2) is 6.79 Å². The molecule has 0 spiro atoms. The van der Waals surface area contributed by atoms with Crippen molar-refractivity contribution in [1.82, 2.24) is 0 Å². The fourth-order valence-electron chi connectivity index (χ4n) is 1.51. The molecule has 0 saturated heterocycles. The summed E-state index contributed by atoms with van der Waals surface area (Å²) in [7, 11) is 1.56. The molecule has 0 aromatic heterocycles. The molecule has 1 aromatic rings. The average Bonchev–Trinajstić information content (AvgIpc) is 2.21. The number of halogens is 2. The van der Waals surface area contributed by atoms with Gasteiger partial charge in [0.25, 0.3) is 0 Å². The van der Waals surface area contributed by atoms with Gasteiger partial charge >= 0.3 is 0 Å². The van der Waals surface area contributed by atoms with E-state index >= 15 is 0 Å². The lowest BCUT2D eigenvalue weighted by atomic mass is 10.1. The predicted octanol–water partition coefficient (Wildman–Crippen LogP) is 2.28. The van der Waals surface area contributed by atoms with Crippen LogP contribution in [-0.4, -0.2) is 15.2 Å². The number of benzene rings is 1. The van der Waals surface area contributed by atoms with E-state index < -0.39 is 9.05 Å². The molecule has 0 unspecified atom stereocenters. The molecule has 7 heteroatoms. The molecule has 1 aliphatic heterocycles. The number of rotatable bonds is 2. The Kier molecular flexibility index (Phi) is 3.30. The van der Waals surface area contributed by atoms with Gasteiger partial charge in [0.1, 0.15) is 5.75 Å². The maximum Gasteiger partial charge on any atom is 0.236 e. The SMILES string of the molecule is O=S(=O)(Cl)Cc1c(Cl)ccc2c1COCO2. The van der Waals surface area contributed by atoms with Crippen LogP contribution in [0, 0.1) is 0 Å². The van der Waals surface area contributed by atoms with Crippen molar-refractivity contribution in [3.63, 3.8) is 0 Å². The minimum atomic E-state index is -3.66. The van der Waals surface area contributed by atoms with E-state index in [0.717, 1.165) is 0 Å². The van der Waals surface area contributed by atoms with Gasteiger partial charge in [-0.1, -0.05) is 11.6 Å². The fourth-order valence-corrected chi connectivity index (χ4v) is 2.84. The standard InChI is InChI=1S/C9H8Cl2O4S/c10-8-1-2-9-6(3-14-5-15-9)7(8)4-16(11,12)13/h1-2H,3-5H2. The topological polar surface area (TPSA) is 52.6 Å². The van der Waals surface area contributed by atoms with Gasteiger partial charge in [0, 0.05) is 21.3 Å². The van der Waals surface area contributed by atoms with Crippen molar-refractivity contribution in [3.8, 4) is 5.75 Å². The third kappa shape index (κ3) is 2.60. The molecule has 0 amide bonds. The Labute approximate surface area is 102 Å². The molecule has 0 N–H and O–H groups in total. The monoisotopic (exact) mass is 282 g/mol. The Morgan fingerprint density at radius 1 is 1.38 bits per heavy atom. The van der Waals surface area contributed by atoms with E-state index in [1.807, 2.05) is 0 Å². The minimum absolute atomic E-state index is 0.154. The lowest BCUT2D eigenvalue weighted by Crippen LogP contribution is -2.14. The maximum atomic E-state index is 11.1. The first-order chi connectivity index (χ1) is 7.47. The van der Waals surface area contributed by atoms with Crippen LogP contribution in [0.4, 0.5) is 0 Å². The third-order valence-corrected chi connectivity index (χ3v) is 3.51. The summed E-state index contributed by atoms with van der Waals surface area (Å²) in [5.74, 6) is 0.259. The Balaban J connectivity index is 2.50. The highest BCUT2D eigenvalue weighted by atomic mass is 35.7. The highest BCUT2D eigenvalue weighted by Crippen LogP contribution is 2.33. The van der Waals surface area contributed by atoms with Gasteiger partial charge in [-0.3, -0.25) is 0 Å². The first-order valence-corrected chi connectivity index (χ1v) is 7.26. The Hall–Kier alpha value is -0.490. The molecular formula is C9H8Cl2O4S. The van der Waals surface area contributed by atoms with Crippen molar-refractivity contribution in [2.75, 3.05) is 6.79 Å². The Morgan fingerprint density at radius 3 is 2.81 bits per heavy atom. The predicted molar refractivity (Wildman–Crippen MR) is 60.2 cm³/mol. The van der Waals surface area contributed by atoms with Crippen molar-refractivity contribution in [1.29, 1.82) is 0 Å². The zero-order valence-electron chi connectivity index (χ0n) is 8.07. The molecule has 2 rings (SSSR count). The summed E-state index contributed by atoms with van der Waals surface area (Å²) in [6, 6.07) is 3.27. The highest BCUT2D eigenvalue weighted by Gasteiger charge is 2.21. The number of ether oxygens (including phenoxy) is 2. The molecule has 4 nitrogen and oxygen atoms in total. The van der Waals surface area contributed by atoms with Crippen molar-refractivity contribution in [2.45, 2.75) is 12.4 Å². The van der Waals surface area contributed by atoms with Gasteiger partial charge in [-0.2, -0.15) is 0 Å². The van der Waals surface area contributed by atoms with Gasteiger partial charge in [0.05, 0.1) is 12.4 Å². The zero-order valence-corrected chi connectivity index (χ0v) is 10.4. The van der Waals surface area contributed by atoms with Crippen molar-refractivity contribution >= 4 is 31.3 Å². The average molecular weight is 283 g/mol. The Bertz CT molecular complexity index is 512. The summed E-state index contributed by atoms with van der Waals surface area (Å²) in [6.07, 6.45) is 0. The summed E-state index contributed by atoms with van der Waals surface area (Å²) in [5.41, 5.74) is 1.08. The largest absolute Gasteiger partial charge is 0.467 e. The zero-order chi connectivity index (χ0) is 11.8. The molecule has 0 atom stereocenters. The van der Waals surface area contributed by atoms with Crippen LogP contribution >= 0.6 is 22.3 Å². The van der Waals surface area contributed by atoms with E-state index in [4.69, 9.17) is 31.8 Å². The highest BCUT2D eigenvalue weighted by molar-refractivity contribution is 8.13. The second kappa shape index (κ2) is 4.41. The lowest BCUT2D eigenvalue weighted by molar-refractivity contribution is -0.0167. The van der Waals surface area contributed by atoms with Crippen LogP contribution in [0.3, 0.4) is 0 Å². The second-order valence-corrected chi connectivity index (χ2v) is 6.48. The van der Waals surface area contributed by atoms with Crippen LogP contribution in [0.25, 0.3) is 0 Å². The van der Waals surface area contributed by atoms with Gasteiger partial charge < -0.3 is 9.47 Å². The van der Waals surface area contributed by atoms with Crippen LogP contribution in [0.2, 0.25) is 5.02 Å². The fraction of sp³-hybridized carbons (Fsp3) is 0.333. The van der Waals surface area contributed by atoms with Gasteiger partial charge in [-0.15, -0.1) is 0 Å². The molecule has 0 radical (unpaired) electrons. The van der Waals surface area contributed by atoms with Crippen molar-refractivity contribution in [3.05, 3.63) is 28.3 Å². The molecule has 1 heterocycles. The number of fused-ring (bicyclic) bond motifs is 1. The maximum absolute atomic E-state index is 11.1.